The van der Waals surface area contributed by atoms with E-state index >= 15 is 0 Å². The molecule has 3 N–H and O–H groups in total. The first-order valence-electron chi connectivity index (χ1n) is 13.2. The van der Waals surface area contributed by atoms with Crippen molar-refractivity contribution < 1.29 is 14.3 Å². The van der Waals surface area contributed by atoms with Crippen molar-refractivity contribution in [2.24, 2.45) is 5.92 Å². The van der Waals surface area contributed by atoms with Crippen LogP contribution in [0.25, 0.3) is 0 Å². The number of carbonyl (C=O) groups is 2. The number of anilines is 1. The summed E-state index contributed by atoms with van der Waals surface area (Å²) in [6.07, 6.45) is 3.40. The molecule has 0 aromatic heterocycles. The fourth-order valence-electron chi connectivity index (χ4n) is 6.08. The molecule has 5 aliphatic rings. The van der Waals surface area contributed by atoms with E-state index in [0.717, 1.165) is 60.5 Å². The number of rotatable bonds is 6. The predicted molar refractivity (Wildman–Crippen MR) is 144 cm³/mol. The number of nitrogens with one attached hydrogen (secondary N) is 3. The second-order valence-corrected chi connectivity index (χ2v) is 11.8. The average Bonchev–Trinajstić information content (AvgIpc) is 3.64. The molecule has 3 amide bonds. The minimum absolute atomic E-state index is 0.0125. The lowest BCUT2D eigenvalue weighted by molar-refractivity contribution is -0.118. The number of ether oxygens (including phenoxy) is 1. The quantitative estimate of drug-likeness (QED) is 0.544. The number of carbonyl (C=O) groups excluding carboxylic acids is 2. The summed E-state index contributed by atoms with van der Waals surface area (Å²) in [5, 5.41) is 9.98. The number of urea groups is 1. The van der Waals surface area contributed by atoms with Crippen LogP contribution in [0.5, 0.6) is 11.5 Å². The van der Waals surface area contributed by atoms with E-state index in [1.807, 2.05) is 60.4 Å². The van der Waals surface area contributed by atoms with Gasteiger partial charge in [0, 0.05) is 36.4 Å². The number of piperidine rings is 1. The van der Waals surface area contributed by atoms with E-state index in [9.17, 15) is 9.59 Å². The van der Waals surface area contributed by atoms with Gasteiger partial charge in [-0.25, -0.2) is 4.79 Å². The zero-order chi connectivity index (χ0) is 25.1. The maximum absolute atomic E-state index is 13.5. The molecule has 0 spiro atoms. The fourth-order valence-corrected chi connectivity index (χ4v) is 7.48. The molecule has 3 unspecified atom stereocenters. The lowest BCUT2D eigenvalue weighted by Crippen LogP contribution is -2.62. The smallest absolute Gasteiger partial charge is 0.326 e. The van der Waals surface area contributed by atoms with Crippen LogP contribution in [0.1, 0.15) is 24.8 Å². The molecule has 1 saturated carbocycles. The van der Waals surface area contributed by atoms with E-state index in [4.69, 9.17) is 4.74 Å². The van der Waals surface area contributed by atoms with Crippen LogP contribution in [-0.4, -0.2) is 60.0 Å². The van der Waals surface area contributed by atoms with Gasteiger partial charge in [0.25, 0.3) is 5.91 Å². The average molecular weight is 518 g/mol. The summed E-state index contributed by atoms with van der Waals surface area (Å²) in [4.78, 5) is 31.8. The van der Waals surface area contributed by atoms with Crippen LogP contribution in [-0.2, 0) is 4.79 Å². The van der Waals surface area contributed by atoms with E-state index in [0.29, 0.717) is 4.91 Å². The van der Waals surface area contributed by atoms with Crippen molar-refractivity contribution in [1.82, 2.24) is 20.9 Å². The first-order chi connectivity index (χ1) is 18.0. The highest BCUT2D eigenvalue weighted by molar-refractivity contribution is 8.04. The van der Waals surface area contributed by atoms with Gasteiger partial charge in [0.15, 0.2) is 0 Å². The molecule has 0 radical (unpaired) electrons. The summed E-state index contributed by atoms with van der Waals surface area (Å²) < 4.78 is 6.00. The molecule has 9 heteroatoms. The van der Waals surface area contributed by atoms with E-state index in [2.05, 4.69) is 20.9 Å². The number of amides is 3. The van der Waals surface area contributed by atoms with Gasteiger partial charge >= 0.3 is 6.03 Å². The summed E-state index contributed by atoms with van der Waals surface area (Å²) in [5.74, 6) is 1.50. The van der Waals surface area contributed by atoms with Gasteiger partial charge in [-0.3, -0.25) is 14.6 Å². The molecule has 4 aliphatic heterocycles. The molecule has 4 fully saturated rings. The second-order valence-electron chi connectivity index (χ2n) is 10.6. The van der Waals surface area contributed by atoms with E-state index in [1.165, 1.54) is 12.8 Å². The number of likely N-dealkylation sites (tertiary alicyclic amines) is 1. The largest absolute Gasteiger partial charge is 0.457 e. The topological polar surface area (TPSA) is 85.9 Å². The molecule has 2 aromatic rings. The lowest BCUT2D eigenvalue weighted by Gasteiger charge is -2.46. The third-order valence-corrected chi connectivity index (χ3v) is 9.42. The number of nitrogens with zero attached hydrogens (tertiary/aromatic N) is 2. The molecule has 3 saturated heterocycles. The first kappa shape index (κ1) is 23.1. The van der Waals surface area contributed by atoms with Gasteiger partial charge in [-0.1, -0.05) is 30.0 Å². The highest BCUT2D eigenvalue weighted by Crippen LogP contribution is 2.48. The lowest BCUT2D eigenvalue weighted by atomic mass is 9.86. The zero-order valence-electron chi connectivity index (χ0n) is 20.8. The Labute approximate surface area is 220 Å². The summed E-state index contributed by atoms with van der Waals surface area (Å²) in [6.45, 7) is 4.68. The van der Waals surface area contributed by atoms with E-state index < -0.39 is 0 Å². The molecule has 4 heterocycles. The maximum atomic E-state index is 13.5. The van der Waals surface area contributed by atoms with Crippen molar-refractivity contribution in [1.29, 1.82) is 0 Å². The minimum atomic E-state index is -0.173. The Balaban J connectivity index is 1.11. The molecule has 2 aromatic carbocycles. The Morgan fingerprint density at radius 3 is 2.65 bits per heavy atom. The van der Waals surface area contributed by atoms with Gasteiger partial charge in [-0.15, -0.1) is 0 Å². The monoisotopic (exact) mass is 517 g/mol. The molecule has 3 atom stereocenters. The van der Waals surface area contributed by atoms with Crippen LogP contribution in [0.2, 0.25) is 0 Å². The Hall–Kier alpha value is -3.01. The van der Waals surface area contributed by atoms with Crippen molar-refractivity contribution in [3.8, 4) is 11.5 Å². The SMILES string of the molecule is Cc1cc(Oc2ccccc2)ccc1N1C(=O)NC2=C(C(=O)NC3CN(C4CC4)C3)SC3NCCC1C23. The summed E-state index contributed by atoms with van der Waals surface area (Å²) >= 11 is 1.56. The predicted octanol–water partition coefficient (Wildman–Crippen LogP) is 3.54. The molecule has 37 heavy (non-hydrogen) atoms. The normalized spacial score (nSPS) is 27.4. The Morgan fingerprint density at radius 1 is 1.08 bits per heavy atom. The number of hydrogen-bond acceptors (Lipinski definition) is 6. The third-order valence-electron chi connectivity index (χ3n) is 8.06. The molecule has 8 nitrogen and oxygen atoms in total. The van der Waals surface area contributed by atoms with Gasteiger partial charge in [-0.2, -0.15) is 0 Å². The fraction of sp³-hybridized carbons (Fsp3) is 0.429. The van der Waals surface area contributed by atoms with Crippen LogP contribution in [0.4, 0.5) is 10.5 Å². The van der Waals surface area contributed by atoms with Crippen LogP contribution >= 0.6 is 11.8 Å². The van der Waals surface area contributed by atoms with Crippen LogP contribution < -0.4 is 25.6 Å². The highest BCUT2D eigenvalue weighted by atomic mass is 32.2. The van der Waals surface area contributed by atoms with Gasteiger partial charge < -0.3 is 20.7 Å². The Morgan fingerprint density at radius 2 is 1.89 bits per heavy atom. The summed E-state index contributed by atoms with van der Waals surface area (Å²) in [7, 11) is 0. The van der Waals surface area contributed by atoms with Crippen molar-refractivity contribution in [2.45, 2.75) is 49.7 Å². The molecule has 1 aliphatic carbocycles. The van der Waals surface area contributed by atoms with Crippen molar-refractivity contribution in [2.75, 3.05) is 24.5 Å². The molecular formula is C28H31N5O3S. The third kappa shape index (κ3) is 4.19. The number of hydrogen-bond donors (Lipinski definition) is 3. The standard InChI is InChI=1S/C28H31N5O3S/c1-16-13-20(36-19-5-3-2-4-6-19)9-10-21(16)33-22-11-12-29-27-23(22)24(31-28(33)35)25(37-27)26(34)30-17-14-32(15-17)18-7-8-18/h2-6,9-10,13,17-18,22-23,27,29H,7-8,11-12,14-15H2,1H3,(H,30,34)(H,31,35). The molecule has 192 valence electrons. The van der Waals surface area contributed by atoms with Crippen LogP contribution in [0.15, 0.2) is 59.1 Å². The highest BCUT2D eigenvalue weighted by Gasteiger charge is 2.52. The number of aryl methyl sites for hydroxylation is 1. The Bertz CT molecular complexity index is 1270. The van der Waals surface area contributed by atoms with Crippen LogP contribution in [0.3, 0.4) is 0 Å². The van der Waals surface area contributed by atoms with Gasteiger partial charge in [0.05, 0.1) is 22.4 Å². The van der Waals surface area contributed by atoms with Gasteiger partial charge in [-0.05, 0) is 68.6 Å². The van der Waals surface area contributed by atoms with Crippen molar-refractivity contribution in [3.05, 3.63) is 64.7 Å². The van der Waals surface area contributed by atoms with Gasteiger partial charge in [0.1, 0.15) is 11.5 Å². The molecule has 7 rings (SSSR count). The summed E-state index contributed by atoms with van der Waals surface area (Å²) in [5.41, 5.74) is 2.63. The zero-order valence-corrected chi connectivity index (χ0v) is 21.6. The molecule has 0 bridgehead atoms. The van der Waals surface area contributed by atoms with Crippen LogP contribution in [0, 0.1) is 12.8 Å². The first-order valence-corrected chi connectivity index (χ1v) is 14.1. The maximum Gasteiger partial charge on any atom is 0.326 e. The van der Waals surface area contributed by atoms with Crippen molar-refractivity contribution in [3.63, 3.8) is 0 Å². The number of benzene rings is 2. The van der Waals surface area contributed by atoms with Gasteiger partial charge in [0.2, 0.25) is 0 Å². The van der Waals surface area contributed by atoms with Crippen molar-refractivity contribution >= 4 is 29.4 Å². The van der Waals surface area contributed by atoms with E-state index in [-0.39, 0.29) is 35.3 Å². The number of para-hydroxylation sites is 1. The molecular weight excluding hydrogens is 486 g/mol. The Kier molecular flexibility index (Phi) is 5.67. The number of thioether (sulfide) groups is 1. The summed E-state index contributed by atoms with van der Waals surface area (Å²) in [6, 6.07) is 16.3. The second kappa shape index (κ2) is 9.08. The minimum Gasteiger partial charge on any atom is -0.457 e. The van der Waals surface area contributed by atoms with E-state index in [1.54, 1.807) is 11.8 Å².